The third-order valence-corrected chi connectivity index (χ3v) is 2.15. The highest BCUT2D eigenvalue weighted by Gasteiger charge is 2.18. The number of hydrogen-bond donors (Lipinski definition) is 2. The molecule has 2 aliphatic heterocycles. The lowest BCUT2D eigenvalue weighted by Gasteiger charge is -2.24. The van der Waals surface area contributed by atoms with Crippen LogP contribution in [0.3, 0.4) is 0 Å². The molecule has 2 atom stereocenters. The molecule has 0 bridgehead atoms. The number of nitrogens with two attached hydrogens (primary N) is 1. The third-order valence-electron chi connectivity index (χ3n) is 2.15. The molecule has 0 saturated heterocycles. The Bertz CT molecular complexity index is 263. The zero-order chi connectivity index (χ0) is 8.55. The maximum atomic E-state index is 5.76. The highest BCUT2D eigenvalue weighted by atomic mass is 15.3. The van der Waals surface area contributed by atoms with Crippen LogP contribution in [0.15, 0.2) is 36.3 Å². The second-order valence-corrected chi connectivity index (χ2v) is 3.15. The summed E-state index contributed by atoms with van der Waals surface area (Å²) in [5, 5.41) is 3.21. The molecule has 0 aromatic rings. The topological polar surface area (TPSA) is 41.3 Å². The molecule has 1 unspecified atom stereocenters. The lowest BCUT2D eigenvalue weighted by Crippen LogP contribution is -2.34. The van der Waals surface area contributed by atoms with Crippen LogP contribution in [-0.2, 0) is 0 Å². The van der Waals surface area contributed by atoms with Gasteiger partial charge in [-0.2, -0.15) is 0 Å². The Labute approximate surface area is 72.2 Å². The zero-order valence-corrected chi connectivity index (χ0v) is 7.07. The summed E-state index contributed by atoms with van der Waals surface area (Å²) >= 11 is 0. The Balaban J connectivity index is 2.18. The molecule has 2 rings (SSSR count). The predicted octanol–water partition coefficient (Wildman–Crippen LogP) is 0.490. The monoisotopic (exact) mass is 163 g/mol. The van der Waals surface area contributed by atoms with Gasteiger partial charge in [0.1, 0.15) is 6.17 Å². The van der Waals surface area contributed by atoms with Crippen molar-refractivity contribution >= 4 is 0 Å². The molecule has 2 aliphatic rings. The van der Waals surface area contributed by atoms with Crippen LogP contribution in [0.2, 0.25) is 0 Å². The average Bonchev–Trinajstić information content (AvgIpc) is 2.49. The van der Waals surface area contributed by atoms with E-state index in [1.807, 2.05) is 25.5 Å². The minimum atomic E-state index is 0.116. The first-order chi connectivity index (χ1) is 5.77. The quantitative estimate of drug-likeness (QED) is 0.591. The molecule has 0 radical (unpaired) electrons. The van der Waals surface area contributed by atoms with E-state index in [1.54, 1.807) is 0 Å². The lowest BCUT2D eigenvalue weighted by atomic mass is 10.1. The van der Waals surface area contributed by atoms with Gasteiger partial charge in [0, 0.05) is 24.6 Å². The van der Waals surface area contributed by atoms with Crippen LogP contribution >= 0.6 is 0 Å². The minimum absolute atomic E-state index is 0.116. The zero-order valence-electron chi connectivity index (χ0n) is 7.07. The molecule has 0 fully saturated rings. The van der Waals surface area contributed by atoms with Gasteiger partial charge in [-0.1, -0.05) is 0 Å². The largest absolute Gasteiger partial charge is 0.366 e. The Morgan fingerprint density at radius 1 is 1.58 bits per heavy atom. The van der Waals surface area contributed by atoms with Crippen molar-refractivity contribution in [2.24, 2.45) is 5.73 Å². The fraction of sp³-hybridized carbons (Fsp3) is 0.333. The first-order valence-corrected chi connectivity index (χ1v) is 4.13. The van der Waals surface area contributed by atoms with E-state index in [0.29, 0.717) is 0 Å². The molecule has 2 heterocycles. The molecule has 0 aromatic carbocycles. The van der Waals surface area contributed by atoms with E-state index >= 15 is 0 Å². The number of rotatable bonds is 1. The summed E-state index contributed by atoms with van der Waals surface area (Å²) in [4.78, 5) is 2.10. The summed E-state index contributed by atoms with van der Waals surface area (Å²) in [7, 11) is 0. The molecule has 64 valence electrons. The smallest absolute Gasteiger partial charge is 0.122 e. The van der Waals surface area contributed by atoms with Gasteiger partial charge in [-0.05, 0) is 24.6 Å². The second kappa shape index (κ2) is 2.68. The normalized spacial score (nSPS) is 28.0. The summed E-state index contributed by atoms with van der Waals surface area (Å²) in [6, 6.07) is 0.116. The van der Waals surface area contributed by atoms with Crippen molar-refractivity contribution in [3.05, 3.63) is 36.3 Å². The fourth-order valence-electron chi connectivity index (χ4n) is 1.40. The summed E-state index contributed by atoms with van der Waals surface area (Å²) in [5.74, 6) is 0. The van der Waals surface area contributed by atoms with Gasteiger partial charge in [0.15, 0.2) is 0 Å². The van der Waals surface area contributed by atoms with E-state index in [1.165, 1.54) is 5.57 Å². The van der Waals surface area contributed by atoms with Crippen molar-refractivity contribution in [1.82, 2.24) is 10.2 Å². The highest BCUT2D eigenvalue weighted by Crippen LogP contribution is 2.17. The first kappa shape index (κ1) is 7.43. The van der Waals surface area contributed by atoms with E-state index in [2.05, 4.69) is 22.4 Å². The van der Waals surface area contributed by atoms with Gasteiger partial charge in [-0.15, -0.1) is 0 Å². The number of hydrogen-bond acceptors (Lipinski definition) is 3. The van der Waals surface area contributed by atoms with Gasteiger partial charge in [-0.25, -0.2) is 0 Å². The van der Waals surface area contributed by atoms with Crippen LogP contribution in [0, 0.1) is 0 Å². The third kappa shape index (κ3) is 1.12. The van der Waals surface area contributed by atoms with Crippen molar-refractivity contribution in [3.8, 4) is 0 Å². The lowest BCUT2D eigenvalue weighted by molar-refractivity contribution is 0.421. The van der Waals surface area contributed by atoms with Crippen LogP contribution in [0.5, 0.6) is 0 Å². The van der Waals surface area contributed by atoms with E-state index < -0.39 is 0 Å². The Morgan fingerprint density at radius 2 is 2.42 bits per heavy atom. The SMILES string of the molecule is C[C@H](N)C1=CC2NC=CN2C=C1. The van der Waals surface area contributed by atoms with Crippen molar-refractivity contribution < 1.29 is 0 Å². The molecule has 3 N–H and O–H groups in total. The molecule has 3 nitrogen and oxygen atoms in total. The van der Waals surface area contributed by atoms with E-state index in [0.717, 1.165) is 0 Å². The first-order valence-electron chi connectivity index (χ1n) is 4.13. The van der Waals surface area contributed by atoms with Crippen LogP contribution in [0.4, 0.5) is 0 Å². The van der Waals surface area contributed by atoms with Crippen LogP contribution in [0.25, 0.3) is 0 Å². The van der Waals surface area contributed by atoms with Crippen LogP contribution in [0.1, 0.15) is 6.92 Å². The van der Waals surface area contributed by atoms with Gasteiger partial charge < -0.3 is 16.0 Å². The maximum Gasteiger partial charge on any atom is 0.122 e. The number of nitrogens with zero attached hydrogens (tertiary/aromatic N) is 1. The van der Waals surface area contributed by atoms with Gasteiger partial charge in [-0.3, -0.25) is 0 Å². The molecule has 3 heteroatoms. The molecule has 0 aliphatic carbocycles. The minimum Gasteiger partial charge on any atom is -0.366 e. The molecule has 12 heavy (non-hydrogen) atoms. The molecule has 0 aromatic heterocycles. The van der Waals surface area contributed by atoms with Crippen molar-refractivity contribution in [1.29, 1.82) is 0 Å². The van der Waals surface area contributed by atoms with Crippen molar-refractivity contribution in [2.75, 3.05) is 0 Å². The summed E-state index contributed by atoms with van der Waals surface area (Å²) < 4.78 is 0. The summed E-state index contributed by atoms with van der Waals surface area (Å²) in [5.41, 5.74) is 6.95. The fourth-order valence-corrected chi connectivity index (χ4v) is 1.40. The van der Waals surface area contributed by atoms with E-state index in [4.69, 9.17) is 5.73 Å². The van der Waals surface area contributed by atoms with Crippen molar-refractivity contribution in [3.63, 3.8) is 0 Å². The van der Waals surface area contributed by atoms with Crippen LogP contribution in [-0.4, -0.2) is 17.1 Å². The van der Waals surface area contributed by atoms with E-state index in [-0.39, 0.29) is 12.2 Å². The number of fused-ring (bicyclic) bond motifs is 1. The second-order valence-electron chi connectivity index (χ2n) is 3.15. The Kier molecular flexibility index (Phi) is 1.66. The van der Waals surface area contributed by atoms with Crippen LogP contribution < -0.4 is 11.1 Å². The highest BCUT2D eigenvalue weighted by molar-refractivity contribution is 5.31. The predicted molar refractivity (Wildman–Crippen MR) is 48.8 cm³/mol. The molecular weight excluding hydrogens is 150 g/mol. The van der Waals surface area contributed by atoms with Gasteiger partial charge in [0.25, 0.3) is 0 Å². The molecule has 0 saturated carbocycles. The number of nitrogens with one attached hydrogen (secondary N) is 1. The standard InChI is InChI=1S/C9H13N3/c1-7(10)8-2-4-12-5-3-11-9(12)6-8/h2-7,9,11H,10H2,1H3/t7-,9?/m0/s1. The van der Waals surface area contributed by atoms with E-state index in [9.17, 15) is 0 Å². The Hall–Kier alpha value is -1.22. The van der Waals surface area contributed by atoms with Crippen molar-refractivity contribution in [2.45, 2.75) is 19.1 Å². The van der Waals surface area contributed by atoms with Gasteiger partial charge in [0.2, 0.25) is 0 Å². The average molecular weight is 163 g/mol. The Morgan fingerprint density at radius 3 is 3.17 bits per heavy atom. The van der Waals surface area contributed by atoms with Gasteiger partial charge in [0.05, 0.1) is 0 Å². The molecular formula is C9H13N3. The summed E-state index contributed by atoms with van der Waals surface area (Å²) in [6.45, 7) is 1.99. The maximum absolute atomic E-state index is 5.76. The molecule has 0 amide bonds. The summed E-state index contributed by atoms with van der Waals surface area (Å²) in [6.07, 6.45) is 10.5. The molecule has 0 spiro atoms. The van der Waals surface area contributed by atoms with Gasteiger partial charge >= 0.3 is 0 Å².